The molecule has 3 unspecified atom stereocenters. The van der Waals surface area contributed by atoms with Gasteiger partial charge in [0.1, 0.15) is 6.10 Å². The van der Waals surface area contributed by atoms with Crippen LogP contribution in [-0.4, -0.2) is 46.9 Å². The van der Waals surface area contributed by atoms with Gasteiger partial charge < -0.3 is 20.3 Å². The molecule has 0 radical (unpaired) electrons. The van der Waals surface area contributed by atoms with E-state index in [1.165, 1.54) is 186 Å². The van der Waals surface area contributed by atoms with Crippen LogP contribution in [0.2, 0.25) is 0 Å². The monoisotopic (exact) mass is 780 g/mol. The predicted molar refractivity (Wildman–Crippen MR) is 237 cm³/mol. The van der Waals surface area contributed by atoms with E-state index in [1.807, 2.05) is 0 Å². The summed E-state index contributed by atoms with van der Waals surface area (Å²) < 4.78 is 5.91. The summed E-state index contributed by atoms with van der Waals surface area (Å²) in [5.41, 5.74) is 0. The minimum atomic E-state index is -0.778. The van der Waals surface area contributed by atoms with Crippen molar-refractivity contribution in [2.45, 2.75) is 296 Å². The lowest BCUT2D eigenvalue weighted by atomic mass is 10.0. The number of hydrogen-bond acceptors (Lipinski definition) is 5. The van der Waals surface area contributed by atoms with Crippen molar-refractivity contribution in [3.8, 4) is 0 Å². The number of aliphatic hydroxyl groups is 2. The van der Waals surface area contributed by atoms with Crippen LogP contribution in [0.25, 0.3) is 0 Å². The van der Waals surface area contributed by atoms with E-state index < -0.39 is 18.2 Å². The molecule has 0 bridgehead atoms. The molecule has 0 aromatic rings. The summed E-state index contributed by atoms with van der Waals surface area (Å²) in [6.07, 6.45) is 45.9. The first-order valence-electron chi connectivity index (χ1n) is 24.8. The highest BCUT2D eigenvalue weighted by Crippen LogP contribution is 2.18. The number of carbonyl (C=O) groups excluding carboxylic acids is 2. The number of carbonyl (C=O) groups is 2. The summed E-state index contributed by atoms with van der Waals surface area (Å²) in [6.45, 7) is 6.49. The molecule has 0 rings (SSSR count). The van der Waals surface area contributed by atoms with Crippen LogP contribution in [0.1, 0.15) is 278 Å². The fraction of sp³-hybridized carbons (Fsp3) is 0.959. The molecule has 6 heteroatoms. The van der Waals surface area contributed by atoms with Gasteiger partial charge in [-0.25, -0.2) is 0 Å². The first-order valence-corrected chi connectivity index (χ1v) is 24.8. The normalized spacial score (nSPS) is 13.2. The van der Waals surface area contributed by atoms with Crippen molar-refractivity contribution in [3.63, 3.8) is 0 Å². The summed E-state index contributed by atoms with van der Waals surface area (Å²) in [5, 5.41) is 23.7. The van der Waals surface area contributed by atoms with Crippen LogP contribution < -0.4 is 5.32 Å². The van der Waals surface area contributed by atoms with Crippen LogP contribution >= 0.6 is 0 Å². The fourth-order valence-electron chi connectivity index (χ4n) is 7.90. The lowest BCUT2D eigenvalue weighted by molar-refractivity contribution is -0.151. The van der Waals surface area contributed by atoms with E-state index in [0.717, 1.165) is 44.9 Å². The Hall–Kier alpha value is -1.14. The van der Waals surface area contributed by atoms with E-state index in [4.69, 9.17) is 4.74 Å². The molecule has 0 heterocycles. The van der Waals surface area contributed by atoms with E-state index in [1.54, 1.807) is 0 Å². The van der Waals surface area contributed by atoms with Gasteiger partial charge in [-0.3, -0.25) is 9.59 Å². The zero-order valence-corrected chi connectivity index (χ0v) is 37.3. The molecule has 0 saturated carbocycles. The van der Waals surface area contributed by atoms with Gasteiger partial charge in [-0.2, -0.15) is 0 Å². The molecule has 1 amide bonds. The van der Waals surface area contributed by atoms with Crippen molar-refractivity contribution in [1.82, 2.24) is 5.32 Å². The van der Waals surface area contributed by atoms with Gasteiger partial charge in [0.2, 0.25) is 5.91 Å². The molecule has 0 aromatic carbocycles. The third-order valence-corrected chi connectivity index (χ3v) is 11.7. The number of unbranched alkanes of at least 4 members (excludes halogenated alkanes) is 33. The number of nitrogens with one attached hydrogen (secondary N) is 1. The highest BCUT2D eigenvalue weighted by Gasteiger charge is 2.24. The Morgan fingerprint density at radius 1 is 0.455 bits per heavy atom. The fourth-order valence-corrected chi connectivity index (χ4v) is 7.90. The number of rotatable bonds is 45. The standard InChI is InChI=1S/C49H97NO5/c1-4-7-10-13-16-19-21-23-25-27-30-32-35-38-41-47(52)46(44-51)50-48(53)43-45(55-49(54)42-39-36-33-28-18-15-12-9-6-3)40-37-34-31-29-26-24-22-20-17-14-11-8-5-2/h45-47,51-52H,4-44H2,1-3H3,(H,50,53). The van der Waals surface area contributed by atoms with Crippen LogP contribution in [0.4, 0.5) is 0 Å². The van der Waals surface area contributed by atoms with Gasteiger partial charge in [0, 0.05) is 6.42 Å². The van der Waals surface area contributed by atoms with Crippen LogP contribution in [0.3, 0.4) is 0 Å². The zero-order valence-electron chi connectivity index (χ0n) is 37.3. The molecule has 0 aliphatic carbocycles. The molecule has 0 saturated heterocycles. The average Bonchev–Trinajstić information content (AvgIpc) is 3.18. The summed E-state index contributed by atoms with van der Waals surface area (Å²) in [7, 11) is 0. The smallest absolute Gasteiger partial charge is 0.306 e. The second-order valence-corrected chi connectivity index (χ2v) is 17.2. The summed E-state index contributed by atoms with van der Waals surface area (Å²) >= 11 is 0. The second-order valence-electron chi connectivity index (χ2n) is 17.2. The molecule has 0 fully saturated rings. The van der Waals surface area contributed by atoms with Crippen LogP contribution in [0.15, 0.2) is 0 Å². The first-order chi connectivity index (χ1) is 27.0. The van der Waals surface area contributed by atoms with Gasteiger partial charge in [-0.1, -0.05) is 239 Å². The topological polar surface area (TPSA) is 95.9 Å². The number of amides is 1. The maximum absolute atomic E-state index is 13.1. The minimum absolute atomic E-state index is 0.0871. The molecule has 0 aromatic heterocycles. The number of ether oxygens (including phenoxy) is 1. The SMILES string of the molecule is CCCCCCCCCCCCCCCCC(O)C(CO)NC(=O)CC(CCCCCCCCCCCCCCC)OC(=O)CCCCCCCCCCC. The van der Waals surface area contributed by atoms with E-state index in [9.17, 15) is 19.8 Å². The highest BCUT2D eigenvalue weighted by molar-refractivity contribution is 5.77. The second kappa shape index (κ2) is 44.0. The lowest BCUT2D eigenvalue weighted by Crippen LogP contribution is -2.46. The van der Waals surface area contributed by atoms with E-state index in [0.29, 0.717) is 19.3 Å². The van der Waals surface area contributed by atoms with Gasteiger partial charge in [-0.15, -0.1) is 0 Å². The molecule has 0 aliphatic heterocycles. The Morgan fingerprint density at radius 2 is 0.764 bits per heavy atom. The third-order valence-electron chi connectivity index (χ3n) is 11.7. The van der Waals surface area contributed by atoms with Gasteiger partial charge in [0.15, 0.2) is 0 Å². The van der Waals surface area contributed by atoms with Gasteiger partial charge in [0.05, 0.1) is 25.2 Å². The van der Waals surface area contributed by atoms with E-state index in [-0.39, 0.29) is 24.9 Å². The summed E-state index contributed by atoms with van der Waals surface area (Å²) in [6, 6.07) is -0.691. The van der Waals surface area contributed by atoms with Crippen LogP contribution in [0, 0.1) is 0 Å². The predicted octanol–water partition coefficient (Wildman–Crippen LogP) is 14.4. The first kappa shape index (κ1) is 53.9. The number of esters is 1. The van der Waals surface area contributed by atoms with Gasteiger partial charge in [-0.05, 0) is 25.7 Å². The molecule has 3 N–H and O–H groups in total. The minimum Gasteiger partial charge on any atom is -0.462 e. The molecular formula is C49H97NO5. The van der Waals surface area contributed by atoms with Crippen molar-refractivity contribution < 1.29 is 24.5 Å². The van der Waals surface area contributed by atoms with Crippen molar-refractivity contribution in [1.29, 1.82) is 0 Å². The van der Waals surface area contributed by atoms with Gasteiger partial charge in [0.25, 0.3) is 0 Å². The highest BCUT2D eigenvalue weighted by atomic mass is 16.5. The molecule has 0 aliphatic rings. The molecule has 0 spiro atoms. The Morgan fingerprint density at radius 3 is 1.11 bits per heavy atom. The van der Waals surface area contributed by atoms with Crippen molar-refractivity contribution in [3.05, 3.63) is 0 Å². The Labute approximate surface area is 343 Å². The Bertz CT molecular complexity index is 791. The molecular weight excluding hydrogens is 683 g/mol. The summed E-state index contributed by atoms with van der Waals surface area (Å²) in [5.74, 6) is -0.457. The maximum atomic E-state index is 13.1. The largest absolute Gasteiger partial charge is 0.462 e. The third kappa shape index (κ3) is 39.5. The quantitative estimate of drug-likeness (QED) is 0.0422. The molecule has 328 valence electrons. The average molecular weight is 780 g/mol. The maximum Gasteiger partial charge on any atom is 0.306 e. The Balaban J connectivity index is 4.48. The van der Waals surface area contributed by atoms with Crippen molar-refractivity contribution in [2.24, 2.45) is 0 Å². The van der Waals surface area contributed by atoms with Crippen LogP contribution in [0.5, 0.6) is 0 Å². The van der Waals surface area contributed by atoms with Crippen molar-refractivity contribution >= 4 is 11.9 Å². The summed E-state index contributed by atoms with van der Waals surface area (Å²) in [4.78, 5) is 26.0. The van der Waals surface area contributed by atoms with Crippen LogP contribution in [-0.2, 0) is 14.3 Å². The number of aliphatic hydroxyl groups excluding tert-OH is 2. The van der Waals surface area contributed by atoms with E-state index in [2.05, 4.69) is 26.1 Å². The van der Waals surface area contributed by atoms with E-state index >= 15 is 0 Å². The molecule has 3 atom stereocenters. The molecule has 55 heavy (non-hydrogen) atoms. The van der Waals surface area contributed by atoms with Crippen molar-refractivity contribution in [2.75, 3.05) is 6.61 Å². The number of hydrogen-bond donors (Lipinski definition) is 3. The van der Waals surface area contributed by atoms with Gasteiger partial charge >= 0.3 is 5.97 Å². The Kier molecular flexibility index (Phi) is 43.1. The lowest BCUT2D eigenvalue weighted by Gasteiger charge is -2.24. The molecule has 6 nitrogen and oxygen atoms in total. The zero-order chi connectivity index (χ0) is 40.3.